The molecule has 0 spiro atoms. The molecule has 0 bridgehead atoms. The van der Waals surface area contributed by atoms with E-state index in [1.54, 1.807) is 0 Å². The van der Waals surface area contributed by atoms with E-state index in [4.69, 9.17) is 9.84 Å². The van der Waals surface area contributed by atoms with Crippen molar-refractivity contribution in [1.29, 1.82) is 0 Å². The van der Waals surface area contributed by atoms with Gasteiger partial charge in [0.15, 0.2) is 0 Å². The molecule has 0 saturated carbocycles. The molecule has 1 aromatic rings. The van der Waals surface area contributed by atoms with Crippen LogP contribution >= 0.6 is 0 Å². The van der Waals surface area contributed by atoms with Crippen molar-refractivity contribution < 1.29 is 27.8 Å². The molecule has 0 fully saturated rings. The van der Waals surface area contributed by atoms with Gasteiger partial charge in [0.1, 0.15) is 5.75 Å². The molecule has 1 N–H and O–H groups in total. The van der Waals surface area contributed by atoms with E-state index in [1.807, 2.05) is 0 Å². The second-order valence-corrected chi connectivity index (χ2v) is 3.16. The number of carboxylic acids is 1. The van der Waals surface area contributed by atoms with Crippen molar-refractivity contribution in [3.63, 3.8) is 0 Å². The number of benzene rings is 1. The number of hydrogen-bond acceptors (Lipinski definition) is 2. The van der Waals surface area contributed by atoms with Gasteiger partial charge >= 0.3 is 12.1 Å². The Morgan fingerprint density at radius 3 is 2.47 bits per heavy atom. The molecule has 0 aliphatic rings. The summed E-state index contributed by atoms with van der Waals surface area (Å²) in [7, 11) is 1.24. The van der Waals surface area contributed by atoms with E-state index >= 15 is 0 Å². The van der Waals surface area contributed by atoms with Gasteiger partial charge in [-0.1, -0.05) is 0 Å². The second kappa shape index (κ2) is 4.90. The van der Waals surface area contributed by atoms with Crippen molar-refractivity contribution in [3.8, 4) is 5.75 Å². The molecule has 3 nitrogen and oxygen atoms in total. The Hall–Kier alpha value is -1.98. The van der Waals surface area contributed by atoms with E-state index in [2.05, 4.69) is 0 Å². The standard InChI is InChI=1S/C11H9F3O3/c1-17-9-5-7(2-3-10(15)16)4-8(6-9)11(12,13)14/h2-6H,1H3,(H,15,16)/b3-2+. The van der Waals surface area contributed by atoms with Crippen molar-refractivity contribution in [2.75, 3.05) is 7.11 Å². The Labute approximate surface area is 95.1 Å². The van der Waals surface area contributed by atoms with Crippen LogP contribution in [0.25, 0.3) is 6.08 Å². The van der Waals surface area contributed by atoms with Crippen LogP contribution in [0.1, 0.15) is 11.1 Å². The van der Waals surface area contributed by atoms with Crippen molar-refractivity contribution >= 4 is 12.0 Å². The predicted octanol–water partition coefficient (Wildman–Crippen LogP) is 2.81. The number of carboxylic acid groups (broad SMARTS) is 1. The molecule has 0 aliphatic carbocycles. The zero-order chi connectivity index (χ0) is 13.1. The second-order valence-electron chi connectivity index (χ2n) is 3.16. The summed E-state index contributed by atoms with van der Waals surface area (Å²) < 4.78 is 42.2. The van der Waals surface area contributed by atoms with E-state index in [9.17, 15) is 18.0 Å². The first-order valence-corrected chi connectivity index (χ1v) is 4.50. The summed E-state index contributed by atoms with van der Waals surface area (Å²) in [6, 6.07) is 3.01. The summed E-state index contributed by atoms with van der Waals surface area (Å²) >= 11 is 0. The summed E-state index contributed by atoms with van der Waals surface area (Å²) in [5.74, 6) is -1.22. The molecule has 1 rings (SSSR count). The Morgan fingerprint density at radius 2 is 2.00 bits per heavy atom. The summed E-state index contributed by atoms with van der Waals surface area (Å²) in [6.45, 7) is 0. The van der Waals surface area contributed by atoms with E-state index in [0.29, 0.717) is 0 Å². The largest absolute Gasteiger partial charge is 0.497 e. The summed E-state index contributed by atoms with van der Waals surface area (Å²) in [6.07, 6.45) is -2.67. The van der Waals surface area contributed by atoms with Crippen LogP contribution in [0.15, 0.2) is 24.3 Å². The number of rotatable bonds is 3. The molecule has 0 unspecified atom stereocenters. The highest BCUT2D eigenvalue weighted by Gasteiger charge is 2.31. The number of aliphatic carboxylic acids is 1. The molecule has 0 atom stereocenters. The van der Waals surface area contributed by atoms with Gasteiger partial charge < -0.3 is 9.84 Å². The highest BCUT2D eigenvalue weighted by Crippen LogP contribution is 2.32. The normalized spacial score (nSPS) is 11.8. The molecule has 0 radical (unpaired) electrons. The lowest BCUT2D eigenvalue weighted by Crippen LogP contribution is -2.05. The van der Waals surface area contributed by atoms with Crippen LogP contribution in [0.3, 0.4) is 0 Å². The van der Waals surface area contributed by atoms with Gasteiger partial charge in [-0.2, -0.15) is 13.2 Å². The fraction of sp³-hybridized carbons (Fsp3) is 0.182. The van der Waals surface area contributed by atoms with Gasteiger partial charge in [-0.25, -0.2) is 4.79 Å². The van der Waals surface area contributed by atoms with Crippen molar-refractivity contribution in [2.45, 2.75) is 6.18 Å². The maximum absolute atomic E-state index is 12.5. The van der Waals surface area contributed by atoms with Crippen molar-refractivity contribution in [3.05, 3.63) is 35.4 Å². The molecule has 0 aromatic heterocycles. The molecule has 1 aromatic carbocycles. The Balaban J connectivity index is 3.19. The minimum Gasteiger partial charge on any atom is -0.497 e. The van der Waals surface area contributed by atoms with E-state index in [1.165, 1.54) is 13.2 Å². The number of ether oxygens (including phenoxy) is 1. The quantitative estimate of drug-likeness (QED) is 0.834. The smallest absolute Gasteiger partial charge is 0.416 e. The SMILES string of the molecule is COc1cc(/C=C/C(=O)O)cc(C(F)(F)F)c1. The van der Waals surface area contributed by atoms with Crippen LogP contribution in [0.2, 0.25) is 0 Å². The van der Waals surface area contributed by atoms with Crippen LogP contribution in [-0.2, 0) is 11.0 Å². The summed E-state index contributed by atoms with van der Waals surface area (Å²) in [5.41, 5.74) is -0.777. The molecule has 92 valence electrons. The third-order valence-electron chi connectivity index (χ3n) is 1.91. The topological polar surface area (TPSA) is 46.5 Å². The van der Waals surface area contributed by atoms with E-state index < -0.39 is 17.7 Å². The molecule has 17 heavy (non-hydrogen) atoms. The number of methoxy groups -OCH3 is 1. The average Bonchev–Trinajstić information content (AvgIpc) is 2.24. The number of carbonyl (C=O) groups is 1. The molecule has 6 heteroatoms. The number of halogens is 3. The highest BCUT2D eigenvalue weighted by molar-refractivity contribution is 5.85. The summed E-state index contributed by atoms with van der Waals surface area (Å²) in [4.78, 5) is 10.3. The fourth-order valence-corrected chi connectivity index (χ4v) is 1.17. The minimum atomic E-state index is -4.50. The third kappa shape index (κ3) is 3.82. The first-order chi connectivity index (χ1) is 7.82. The van der Waals surface area contributed by atoms with Crippen LogP contribution in [0, 0.1) is 0 Å². The average molecular weight is 246 g/mol. The molecule has 0 aliphatic heterocycles. The zero-order valence-corrected chi connectivity index (χ0v) is 8.78. The first-order valence-electron chi connectivity index (χ1n) is 4.50. The van der Waals surface area contributed by atoms with Crippen molar-refractivity contribution in [2.24, 2.45) is 0 Å². The summed E-state index contributed by atoms with van der Waals surface area (Å²) in [5, 5.41) is 8.39. The molecular formula is C11H9F3O3. The molecule has 0 saturated heterocycles. The Kier molecular flexibility index (Phi) is 3.77. The van der Waals surface area contributed by atoms with E-state index in [-0.39, 0.29) is 11.3 Å². The molecular weight excluding hydrogens is 237 g/mol. The van der Waals surface area contributed by atoms with Crippen LogP contribution < -0.4 is 4.74 Å². The monoisotopic (exact) mass is 246 g/mol. The minimum absolute atomic E-state index is 0.0184. The number of alkyl halides is 3. The van der Waals surface area contributed by atoms with Gasteiger partial charge in [-0.15, -0.1) is 0 Å². The van der Waals surface area contributed by atoms with Crippen LogP contribution in [0.5, 0.6) is 5.75 Å². The highest BCUT2D eigenvalue weighted by atomic mass is 19.4. The zero-order valence-electron chi connectivity index (χ0n) is 8.78. The maximum atomic E-state index is 12.5. The van der Waals surface area contributed by atoms with Gasteiger partial charge in [0.25, 0.3) is 0 Å². The maximum Gasteiger partial charge on any atom is 0.416 e. The lowest BCUT2D eigenvalue weighted by atomic mass is 10.1. The van der Waals surface area contributed by atoms with Gasteiger partial charge in [0.2, 0.25) is 0 Å². The Morgan fingerprint density at radius 1 is 1.35 bits per heavy atom. The van der Waals surface area contributed by atoms with E-state index in [0.717, 1.165) is 24.3 Å². The fourth-order valence-electron chi connectivity index (χ4n) is 1.17. The lowest BCUT2D eigenvalue weighted by Gasteiger charge is -2.09. The third-order valence-corrected chi connectivity index (χ3v) is 1.91. The predicted molar refractivity (Wildman–Crippen MR) is 54.7 cm³/mol. The van der Waals surface area contributed by atoms with Gasteiger partial charge in [-0.3, -0.25) is 0 Å². The lowest BCUT2D eigenvalue weighted by molar-refractivity contribution is -0.137. The van der Waals surface area contributed by atoms with Gasteiger partial charge in [0.05, 0.1) is 12.7 Å². The van der Waals surface area contributed by atoms with Gasteiger partial charge in [0, 0.05) is 6.08 Å². The van der Waals surface area contributed by atoms with Gasteiger partial charge in [-0.05, 0) is 29.8 Å². The molecule has 0 amide bonds. The molecule has 0 heterocycles. The number of hydrogen-bond donors (Lipinski definition) is 1. The Bertz CT molecular complexity index is 450. The van der Waals surface area contributed by atoms with Crippen LogP contribution in [-0.4, -0.2) is 18.2 Å². The van der Waals surface area contributed by atoms with Crippen molar-refractivity contribution in [1.82, 2.24) is 0 Å². The van der Waals surface area contributed by atoms with Crippen LogP contribution in [0.4, 0.5) is 13.2 Å². The first kappa shape index (κ1) is 13.1.